The predicted octanol–water partition coefficient (Wildman–Crippen LogP) is 2.74. The molecule has 0 saturated carbocycles. The number of amides is 1. The van der Waals surface area contributed by atoms with Gasteiger partial charge in [-0.3, -0.25) is 14.5 Å². The number of hydrogen-bond acceptors (Lipinski definition) is 7. The molecule has 30 heavy (non-hydrogen) atoms. The van der Waals surface area contributed by atoms with Gasteiger partial charge in [0.15, 0.2) is 5.82 Å². The predicted molar refractivity (Wildman–Crippen MR) is 113 cm³/mol. The van der Waals surface area contributed by atoms with Crippen molar-refractivity contribution in [2.45, 2.75) is 32.7 Å². The first-order valence-corrected chi connectivity index (χ1v) is 9.87. The summed E-state index contributed by atoms with van der Waals surface area (Å²) in [4.78, 5) is 32.6. The van der Waals surface area contributed by atoms with E-state index in [1.165, 1.54) is 0 Å². The molecular weight excluding hydrogens is 380 g/mol. The van der Waals surface area contributed by atoms with Gasteiger partial charge in [0, 0.05) is 55.2 Å². The minimum atomic E-state index is -0.154. The zero-order valence-corrected chi connectivity index (χ0v) is 17.3. The summed E-state index contributed by atoms with van der Waals surface area (Å²) >= 11 is 0. The molecule has 1 amide bonds. The number of nitrogens with zero attached hydrogens (tertiary/aromatic N) is 7. The summed E-state index contributed by atoms with van der Waals surface area (Å²) in [7, 11) is 1.84. The van der Waals surface area contributed by atoms with Crippen LogP contribution in [0.2, 0.25) is 0 Å². The fourth-order valence-electron chi connectivity index (χ4n) is 3.68. The first kappa shape index (κ1) is 19.7. The van der Waals surface area contributed by atoms with E-state index < -0.39 is 0 Å². The van der Waals surface area contributed by atoms with E-state index in [2.05, 4.69) is 30.4 Å². The Hall–Kier alpha value is -3.62. The molecule has 0 radical (unpaired) electrons. The van der Waals surface area contributed by atoms with E-state index in [0.717, 1.165) is 35.5 Å². The van der Waals surface area contributed by atoms with Gasteiger partial charge in [-0.05, 0) is 38.8 Å². The Morgan fingerprint density at radius 1 is 1.20 bits per heavy atom. The number of likely N-dealkylation sites (tertiary alicyclic amines) is 1. The quantitative estimate of drug-likeness (QED) is 0.652. The highest BCUT2D eigenvalue weighted by Crippen LogP contribution is 2.34. The second kappa shape index (κ2) is 8.40. The van der Waals surface area contributed by atoms with E-state index in [9.17, 15) is 4.79 Å². The molecule has 1 aliphatic rings. The summed E-state index contributed by atoms with van der Waals surface area (Å²) in [5.41, 5.74) is 3.35. The molecule has 0 aromatic carbocycles. The number of aromatic nitrogens is 6. The fraction of sp³-hybridized carbons (Fsp3) is 0.333. The van der Waals surface area contributed by atoms with Crippen LogP contribution >= 0.6 is 0 Å². The molecule has 1 atom stereocenters. The second-order valence-electron chi connectivity index (χ2n) is 7.36. The zero-order valence-electron chi connectivity index (χ0n) is 17.3. The number of nitrogens with one attached hydrogen (secondary N) is 1. The maximum atomic E-state index is 12.9. The van der Waals surface area contributed by atoms with Crippen molar-refractivity contribution < 1.29 is 4.79 Å². The third-order valence-corrected chi connectivity index (χ3v) is 4.93. The van der Waals surface area contributed by atoms with Gasteiger partial charge in [-0.15, -0.1) is 0 Å². The molecule has 1 N–H and O–H groups in total. The van der Waals surface area contributed by atoms with Gasteiger partial charge in [-0.2, -0.15) is 5.10 Å². The number of carbonyl (C=O) groups excluding carboxylic acids is 1. The van der Waals surface area contributed by atoms with Crippen molar-refractivity contribution >= 4 is 23.7 Å². The first-order chi connectivity index (χ1) is 14.5. The molecule has 154 valence electrons. The van der Waals surface area contributed by atoms with Crippen molar-refractivity contribution in [3.63, 3.8) is 0 Å². The zero-order chi connectivity index (χ0) is 21.1. The van der Waals surface area contributed by atoms with Crippen LogP contribution in [0.15, 0.2) is 36.9 Å². The maximum Gasteiger partial charge on any atom is 0.247 e. The smallest absolute Gasteiger partial charge is 0.247 e. The van der Waals surface area contributed by atoms with Crippen LogP contribution in [0, 0.1) is 13.8 Å². The number of anilines is 2. The van der Waals surface area contributed by atoms with Crippen LogP contribution in [-0.2, 0) is 11.8 Å². The SMILES string of the molecule is Cc1cc(C)nc(Nc2nccnc2[C@H]2CCCN2C(=O)/C=C/c2cnn(C)c2)n1. The fourth-order valence-corrected chi connectivity index (χ4v) is 3.68. The van der Waals surface area contributed by atoms with Gasteiger partial charge in [0.25, 0.3) is 0 Å². The van der Waals surface area contributed by atoms with Gasteiger partial charge < -0.3 is 10.2 Å². The summed E-state index contributed by atoms with van der Waals surface area (Å²) in [6.45, 7) is 4.52. The summed E-state index contributed by atoms with van der Waals surface area (Å²) in [5, 5.41) is 7.31. The summed E-state index contributed by atoms with van der Waals surface area (Å²) in [5.74, 6) is 0.991. The standard InChI is InChI=1S/C21H24N8O/c1-14-11-15(2)26-21(25-14)27-20-19(22-8-9-23-20)17-5-4-10-29(17)18(30)7-6-16-12-24-28(3)13-16/h6-9,11-13,17H,4-5,10H2,1-3H3,(H,23,25,26,27)/b7-6+/t17-/m1/s1. The molecule has 0 spiro atoms. The second-order valence-corrected chi connectivity index (χ2v) is 7.36. The van der Waals surface area contributed by atoms with Crippen LogP contribution in [0.1, 0.15) is 41.5 Å². The topological polar surface area (TPSA) is 102 Å². The lowest BCUT2D eigenvalue weighted by molar-refractivity contribution is -0.126. The molecule has 9 heteroatoms. The molecule has 0 bridgehead atoms. The third-order valence-electron chi connectivity index (χ3n) is 4.93. The van der Waals surface area contributed by atoms with Crippen LogP contribution < -0.4 is 5.32 Å². The van der Waals surface area contributed by atoms with Gasteiger partial charge in [0.05, 0.1) is 12.2 Å². The van der Waals surface area contributed by atoms with Crippen molar-refractivity contribution in [1.29, 1.82) is 0 Å². The Morgan fingerprint density at radius 3 is 2.70 bits per heavy atom. The number of rotatable bonds is 5. The largest absolute Gasteiger partial charge is 0.330 e. The summed E-state index contributed by atoms with van der Waals surface area (Å²) < 4.78 is 1.70. The van der Waals surface area contributed by atoms with E-state index in [0.29, 0.717) is 18.3 Å². The molecule has 1 aliphatic heterocycles. The van der Waals surface area contributed by atoms with Gasteiger partial charge in [0.2, 0.25) is 11.9 Å². The first-order valence-electron chi connectivity index (χ1n) is 9.87. The molecule has 0 unspecified atom stereocenters. The number of aryl methyl sites for hydroxylation is 3. The van der Waals surface area contributed by atoms with Gasteiger partial charge in [-0.1, -0.05) is 0 Å². The molecule has 0 aliphatic carbocycles. The number of hydrogen-bond donors (Lipinski definition) is 1. The Kier molecular flexibility index (Phi) is 5.51. The van der Waals surface area contributed by atoms with Crippen LogP contribution in [0.3, 0.4) is 0 Å². The van der Waals surface area contributed by atoms with Crippen molar-refractivity contribution in [3.8, 4) is 0 Å². The highest BCUT2D eigenvalue weighted by atomic mass is 16.2. The minimum Gasteiger partial charge on any atom is -0.330 e. The van der Waals surface area contributed by atoms with Crippen LogP contribution in [-0.4, -0.2) is 47.1 Å². The molecule has 1 saturated heterocycles. The number of carbonyl (C=O) groups is 1. The average Bonchev–Trinajstić information content (AvgIpc) is 3.35. The van der Waals surface area contributed by atoms with Crippen LogP contribution in [0.25, 0.3) is 6.08 Å². The van der Waals surface area contributed by atoms with Crippen molar-refractivity contribution in [2.75, 3.05) is 11.9 Å². The highest BCUT2D eigenvalue weighted by Gasteiger charge is 2.32. The lowest BCUT2D eigenvalue weighted by atomic mass is 10.1. The molecule has 4 heterocycles. The molecule has 3 aromatic heterocycles. The van der Waals surface area contributed by atoms with E-state index >= 15 is 0 Å². The monoisotopic (exact) mass is 404 g/mol. The average molecular weight is 404 g/mol. The molecule has 1 fully saturated rings. The lowest BCUT2D eigenvalue weighted by Gasteiger charge is -2.24. The van der Waals surface area contributed by atoms with E-state index in [1.807, 2.05) is 38.1 Å². The van der Waals surface area contributed by atoms with Crippen LogP contribution in [0.5, 0.6) is 0 Å². The molecule has 9 nitrogen and oxygen atoms in total. The third kappa shape index (κ3) is 4.35. The molecular formula is C21H24N8O. The van der Waals surface area contributed by atoms with Crippen LogP contribution in [0.4, 0.5) is 11.8 Å². The Labute approximate surface area is 174 Å². The Bertz CT molecular complexity index is 1070. The molecule has 3 aromatic rings. The molecule has 4 rings (SSSR count). The lowest BCUT2D eigenvalue weighted by Crippen LogP contribution is -2.30. The van der Waals surface area contributed by atoms with Gasteiger partial charge >= 0.3 is 0 Å². The summed E-state index contributed by atoms with van der Waals surface area (Å²) in [6.07, 6.45) is 12.0. The highest BCUT2D eigenvalue weighted by molar-refractivity contribution is 5.92. The van der Waals surface area contributed by atoms with Gasteiger partial charge in [-0.25, -0.2) is 15.0 Å². The maximum absolute atomic E-state index is 12.9. The van der Waals surface area contributed by atoms with E-state index in [1.54, 1.807) is 35.4 Å². The van der Waals surface area contributed by atoms with E-state index in [-0.39, 0.29) is 11.9 Å². The normalized spacial score (nSPS) is 16.4. The van der Waals surface area contributed by atoms with Gasteiger partial charge in [0.1, 0.15) is 5.69 Å². The van der Waals surface area contributed by atoms with E-state index in [4.69, 9.17) is 0 Å². The van der Waals surface area contributed by atoms with Crippen molar-refractivity contribution in [2.24, 2.45) is 7.05 Å². The Morgan fingerprint density at radius 2 is 1.97 bits per heavy atom. The van der Waals surface area contributed by atoms with Crippen molar-refractivity contribution in [3.05, 3.63) is 59.6 Å². The van der Waals surface area contributed by atoms with Crippen molar-refractivity contribution in [1.82, 2.24) is 34.6 Å². The Balaban J connectivity index is 1.57. The summed E-state index contributed by atoms with van der Waals surface area (Å²) in [6, 6.07) is 1.76. The minimum absolute atomic E-state index is 0.0550.